The molecule has 2 bridgehead atoms. The minimum absolute atomic E-state index is 0.00550. The quantitative estimate of drug-likeness (QED) is 0.812. The molecule has 0 radical (unpaired) electrons. The zero-order chi connectivity index (χ0) is 14.9. The zero-order valence-corrected chi connectivity index (χ0v) is 12.9. The molecule has 3 fully saturated rings. The first-order chi connectivity index (χ1) is 10.1. The Morgan fingerprint density at radius 2 is 1.95 bits per heavy atom. The van der Waals surface area contributed by atoms with Crippen LogP contribution in [0.3, 0.4) is 0 Å². The lowest BCUT2D eigenvalue weighted by atomic mass is 9.85. The molecule has 4 heterocycles. The van der Waals surface area contributed by atoms with E-state index in [0.717, 1.165) is 32.5 Å². The summed E-state index contributed by atoms with van der Waals surface area (Å²) in [4.78, 5) is 10.5. The van der Waals surface area contributed by atoms with Crippen LogP contribution in [-0.2, 0) is 10.0 Å². The van der Waals surface area contributed by atoms with Crippen molar-refractivity contribution in [2.24, 2.45) is 5.92 Å². The first-order valence-electron chi connectivity index (χ1n) is 7.39. The number of nitrogens with one attached hydrogen (secondary N) is 2. The molecule has 21 heavy (non-hydrogen) atoms. The average Bonchev–Trinajstić information content (AvgIpc) is 2.49. The number of sulfonamides is 1. The van der Waals surface area contributed by atoms with Crippen LogP contribution < -0.4 is 10.0 Å². The third-order valence-corrected chi connectivity index (χ3v) is 5.68. The second-order valence-corrected chi connectivity index (χ2v) is 7.35. The monoisotopic (exact) mass is 311 g/mol. The predicted octanol–water partition coefficient (Wildman–Crippen LogP) is 0.281. The van der Waals surface area contributed by atoms with Gasteiger partial charge in [-0.3, -0.25) is 0 Å². The highest BCUT2D eigenvalue weighted by atomic mass is 32.2. The van der Waals surface area contributed by atoms with Gasteiger partial charge in [-0.05, 0) is 38.8 Å². The third kappa shape index (κ3) is 3.17. The Morgan fingerprint density at radius 1 is 1.29 bits per heavy atom. The van der Waals surface area contributed by atoms with Crippen LogP contribution >= 0.6 is 0 Å². The average molecular weight is 311 g/mol. The van der Waals surface area contributed by atoms with Crippen LogP contribution in [0.5, 0.6) is 0 Å². The molecule has 0 aromatic carbocycles. The van der Waals surface area contributed by atoms with Crippen molar-refractivity contribution in [3.8, 4) is 0 Å². The molecule has 1 unspecified atom stereocenters. The highest BCUT2D eigenvalue weighted by Gasteiger charge is 2.36. The number of anilines is 1. The zero-order valence-electron chi connectivity index (χ0n) is 12.1. The minimum atomic E-state index is -3.54. The van der Waals surface area contributed by atoms with Crippen molar-refractivity contribution >= 4 is 16.0 Å². The Balaban J connectivity index is 1.71. The van der Waals surface area contributed by atoms with E-state index in [0.29, 0.717) is 18.4 Å². The number of hydrogen-bond acceptors (Lipinski definition) is 6. The summed E-state index contributed by atoms with van der Waals surface area (Å²) in [5.74, 6) is 0.894. The van der Waals surface area contributed by atoms with Gasteiger partial charge in [-0.1, -0.05) is 0 Å². The summed E-state index contributed by atoms with van der Waals surface area (Å²) >= 11 is 0. The number of nitrogens with zero attached hydrogens (tertiary/aromatic N) is 3. The third-order valence-electron chi connectivity index (χ3n) is 4.24. The molecule has 0 amide bonds. The molecule has 1 aromatic rings. The van der Waals surface area contributed by atoms with Gasteiger partial charge in [0.2, 0.25) is 16.0 Å². The van der Waals surface area contributed by atoms with E-state index in [2.05, 4.69) is 24.9 Å². The van der Waals surface area contributed by atoms with Crippen molar-refractivity contribution in [2.75, 3.05) is 31.5 Å². The largest absolute Gasteiger partial charge is 0.355 e. The Labute approximate surface area is 125 Å². The van der Waals surface area contributed by atoms with E-state index in [1.807, 2.05) is 6.92 Å². The van der Waals surface area contributed by atoms with Gasteiger partial charge in [0.05, 0.1) is 12.4 Å². The summed E-state index contributed by atoms with van der Waals surface area (Å²) in [6.07, 6.45) is 4.86. The van der Waals surface area contributed by atoms with Gasteiger partial charge in [0, 0.05) is 19.1 Å². The van der Waals surface area contributed by atoms with Gasteiger partial charge < -0.3 is 10.2 Å². The van der Waals surface area contributed by atoms with Gasteiger partial charge in [-0.15, -0.1) is 0 Å². The molecule has 3 aliphatic heterocycles. The van der Waals surface area contributed by atoms with Crippen LogP contribution in [0.1, 0.15) is 19.8 Å². The summed E-state index contributed by atoms with van der Waals surface area (Å²) in [7, 11) is -3.54. The summed E-state index contributed by atoms with van der Waals surface area (Å²) in [5, 5.41) is 2.95. The first-order valence-corrected chi connectivity index (χ1v) is 8.87. The first kappa shape index (κ1) is 14.7. The molecule has 1 aromatic heterocycles. The van der Waals surface area contributed by atoms with Crippen molar-refractivity contribution in [2.45, 2.75) is 30.7 Å². The highest BCUT2D eigenvalue weighted by Crippen LogP contribution is 2.28. The van der Waals surface area contributed by atoms with Crippen LogP contribution in [0.25, 0.3) is 0 Å². The summed E-state index contributed by atoms with van der Waals surface area (Å²) in [5.41, 5.74) is 0. The van der Waals surface area contributed by atoms with Crippen molar-refractivity contribution < 1.29 is 8.42 Å². The minimum Gasteiger partial charge on any atom is -0.355 e. The van der Waals surface area contributed by atoms with Crippen molar-refractivity contribution in [1.82, 2.24) is 19.6 Å². The van der Waals surface area contributed by atoms with Crippen molar-refractivity contribution in [3.63, 3.8) is 0 Å². The van der Waals surface area contributed by atoms with E-state index in [1.54, 1.807) is 0 Å². The van der Waals surface area contributed by atoms with E-state index in [1.165, 1.54) is 12.4 Å². The molecule has 4 rings (SSSR count). The summed E-state index contributed by atoms with van der Waals surface area (Å²) < 4.78 is 27.7. The molecular formula is C13H21N5O2S. The molecule has 3 saturated heterocycles. The highest BCUT2D eigenvalue weighted by molar-refractivity contribution is 7.89. The second kappa shape index (κ2) is 5.86. The molecule has 8 heteroatoms. The number of hydrogen-bond donors (Lipinski definition) is 2. The number of fused-ring (bicyclic) bond motifs is 3. The van der Waals surface area contributed by atoms with Crippen LogP contribution in [0, 0.1) is 5.92 Å². The molecule has 0 saturated carbocycles. The van der Waals surface area contributed by atoms with Gasteiger partial charge in [0.25, 0.3) is 0 Å². The van der Waals surface area contributed by atoms with E-state index >= 15 is 0 Å². The van der Waals surface area contributed by atoms with Gasteiger partial charge in [0.15, 0.2) is 0 Å². The molecule has 0 aliphatic carbocycles. The summed E-state index contributed by atoms with van der Waals surface area (Å²) in [6.45, 7) is 5.61. The van der Waals surface area contributed by atoms with Crippen molar-refractivity contribution in [1.29, 1.82) is 0 Å². The Kier molecular flexibility index (Phi) is 4.10. The smallest absolute Gasteiger partial charge is 0.243 e. The van der Waals surface area contributed by atoms with Gasteiger partial charge in [-0.2, -0.15) is 0 Å². The molecule has 116 valence electrons. The van der Waals surface area contributed by atoms with Crippen LogP contribution in [0.15, 0.2) is 17.3 Å². The van der Waals surface area contributed by atoms with E-state index < -0.39 is 10.0 Å². The van der Waals surface area contributed by atoms with Gasteiger partial charge in [-0.25, -0.2) is 23.1 Å². The van der Waals surface area contributed by atoms with Gasteiger partial charge >= 0.3 is 0 Å². The lowest BCUT2D eigenvalue weighted by molar-refractivity contribution is 0.0827. The Morgan fingerprint density at radius 3 is 2.48 bits per heavy atom. The van der Waals surface area contributed by atoms with Crippen molar-refractivity contribution in [3.05, 3.63) is 12.4 Å². The number of aromatic nitrogens is 2. The van der Waals surface area contributed by atoms with Gasteiger partial charge in [0.1, 0.15) is 4.90 Å². The molecule has 3 aliphatic rings. The summed E-state index contributed by atoms with van der Waals surface area (Å²) in [6, 6.07) is 0.00550. The Hall–Kier alpha value is -1.25. The molecule has 1 atom stereocenters. The molecule has 7 nitrogen and oxygen atoms in total. The molecular weight excluding hydrogens is 290 g/mol. The van der Waals surface area contributed by atoms with Crippen LogP contribution in [-0.4, -0.2) is 55.5 Å². The maximum Gasteiger partial charge on any atom is 0.243 e. The molecule has 0 spiro atoms. The van der Waals surface area contributed by atoms with Crippen LogP contribution in [0.4, 0.5) is 5.95 Å². The standard InChI is InChI=1S/C13H21N5O2S/c1-2-14-13-15-7-11(8-16-13)21(19,20)17-12-9-18-5-3-10(12)4-6-18/h7-8,10,12,17H,2-6,9H2,1H3,(H,14,15,16). The number of piperidine rings is 3. The van der Waals surface area contributed by atoms with E-state index in [4.69, 9.17) is 0 Å². The fourth-order valence-corrected chi connectivity index (χ4v) is 4.25. The normalized spacial score (nSPS) is 28.5. The maximum absolute atomic E-state index is 12.4. The maximum atomic E-state index is 12.4. The van der Waals surface area contributed by atoms with Crippen LogP contribution in [0.2, 0.25) is 0 Å². The predicted molar refractivity (Wildman–Crippen MR) is 79.5 cm³/mol. The fraction of sp³-hybridized carbons (Fsp3) is 0.692. The Bertz CT molecular complexity index is 581. The van der Waals surface area contributed by atoms with E-state index in [9.17, 15) is 8.42 Å². The topological polar surface area (TPSA) is 87.2 Å². The number of rotatable bonds is 5. The van der Waals surface area contributed by atoms with E-state index in [-0.39, 0.29) is 10.9 Å². The molecule has 2 N–H and O–H groups in total. The lowest BCUT2D eigenvalue weighted by Crippen LogP contribution is -2.57. The fourth-order valence-electron chi connectivity index (χ4n) is 3.07. The SMILES string of the molecule is CCNc1ncc(S(=O)(=O)NC2CN3CCC2CC3)cn1. The second-order valence-electron chi connectivity index (χ2n) is 5.64. The lowest BCUT2D eigenvalue weighted by Gasteiger charge is -2.44.